The highest BCUT2D eigenvalue weighted by Gasteiger charge is 2.35. The second kappa shape index (κ2) is 13.0. The van der Waals surface area contributed by atoms with Gasteiger partial charge < -0.3 is 22.9 Å². The molecular weight excluding hydrogens is 609 g/mol. The van der Waals surface area contributed by atoms with Gasteiger partial charge >= 0.3 is 0 Å². The average molecular weight is 675 g/mol. The van der Waals surface area contributed by atoms with Crippen LogP contribution in [0.2, 0.25) is 0 Å². The first-order chi connectivity index (χ1) is 22.6. The second-order valence-corrected chi connectivity index (χ2v) is 19.2. The lowest BCUT2D eigenvalue weighted by Crippen LogP contribution is -2.23. The van der Waals surface area contributed by atoms with Crippen LogP contribution in [0.25, 0.3) is 0 Å². The first kappa shape index (κ1) is 38.9. The number of hydrogen-bond donors (Lipinski definition) is 4. The quantitative estimate of drug-likeness (QED) is 0.158. The van der Waals surface area contributed by atoms with Gasteiger partial charge in [-0.25, -0.2) is 0 Å². The molecule has 0 spiro atoms. The third kappa shape index (κ3) is 7.55. The summed E-state index contributed by atoms with van der Waals surface area (Å²) in [6.45, 7) is 35.5. The largest absolute Gasteiger partial charge is 0.398 e. The fourth-order valence-electron chi connectivity index (χ4n) is 7.66. The number of hydrogen-bond acceptors (Lipinski definition) is 4. The van der Waals surface area contributed by atoms with Crippen molar-refractivity contribution in [1.29, 1.82) is 0 Å². The zero-order valence-electron chi connectivity index (χ0n) is 34.1. The summed E-state index contributed by atoms with van der Waals surface area (Å²) >= 11 is 0. The molecule has 4 nitrogen and oxygen atoms in total. The summed E-state index contributed by atoms with van der Waals surface area (Å²) in [7, 11) is 0. The van der Waals surface area contributed by atoms with Crippen LogP contribution >= 0.6 is 0 Å². The van der Waals surface area contributed by atoms with Crippen LogP contribution in [0.3, 0.4) is 0 Å². The van der Waals surface area contributed by atoms with Gasteiger partial charge in [0.2, 0.25) is 0 Å². The van der Waals surface area contributed by atoms with Crippen molar-refractivity contribution in [2.45, 2.75) is 144 Å². The lowest BCUT2D eigenvalue weighted by Gasteiger charge is -2.35. The number of anilines is 4. The Hall–Kier alpha value is -3.92. The monoisotopic (exact) mass is 675 g/mol. The third-order valence-electron chi connectivity index (χ3n) is 10.6. The molecule has 0 amide bonds. The van der Waals surface area contributed by atoms with Gasteiger partial charge in [0.1, 0.15) is 0 Å². The van der Waals surface area contributed by atoms with Crippen LogP contribution in [0.1, 0.15) is 162 Å². The standard InChI is InChI=1S/C46H66N4/c1-25-17-29(21-33(39(25)47)43(5,6)7)37(30-18-26(2)40(48)34(22-30)44(8,9)10)38(31-19-27(3)41(49)35(23-31)45(11,12)13)32-20-28(4)42(50)36(24-32)46(14,15)16/h17-24,37-38H,47-50H2,1-16H3. The molecule has 4 aromatic carbocycles. The number of nitrogen functional groups attached to an aromatic ring is 4. The van der Waals surface area contributed by atoms with E-state index in [2.05, 4.69) is 159 Å². The summed E-state index contributed by atoms with van der Waals surface area (Å²) in [5.41, 5.74) is 44.2. The molecule has 0 aliphatic carbocycles. The minimum atomic E-state index is -0.146. The van der Waals surface area contributed by atoms with Gasteiger partial charge in [0.05, 0.1) is 0 Å². The van der Waals surface area contributed by atoms with Crippen LogP contribution in [-0.2, 0) is 21.7 Å². The summed E-state index contributed by atoms with van der Waals surface area (Å²) < 4.78 is 0. The van der Waals surface area contributed by atoms with E-state index >= 15 is 0 Å². The Morgan fingerprint density at radius 2 is 0.480 bits per heavy atom. The highest BCUT2D eigenvalue weighted by Crippen LogP contribution is 2.49. The molecule has 4 rings (SSSR count). The van der Waals surface area contributed by atoms with Crippen molar-refractivity contribution in [3.63, 3.8) is 0 Å². The molecule has 0 saturated carbocycles. The molecule has 50 heavy (non-hydrogen) atoms. The Morgan fingerprint density at radius 1 is 0.320 bits per heavy atom. The number of aryl methyl sites for hydroxylation is 4. The molecule has 0 aliphatic heterocycles. The molecule has 4 aromatic rings. The second-order valence-electron chi connectivity index (χ2n) is 19.2. The molecule has 0 heterocycles. The molecular formula is C46H66N4. The smallest absolute Gasteiger partial charge is 0.0381 e. The predicted molar refractivity (Wildman–Crippen MR) is 221 cm³/mol. The van der Waals surface area contributed by atoms with Gasteiger partial charge in [-0.05, 0) is 116 Å². The summed E-state index contributed by atoms with van der Waals surface area (Å²) in [5.74, 6) is -0.162. The zero-order chi connectivity index (χ0) is 38.0. The van der Waals surface area contributed by atoms with Crippen molar-refractivity contribution in [2.24, 2.45) is 0 Å². The van der Waals surface area contributed by atoms with Gasteiger partial charge in [0.15, 0.2) is 0 Å². The number of rotatable bonds is 5. The topological polar surface area (TPSA) is 104 Å². The van der Waals surface area contributed by atoms with E-state index in [0.29, 0.717) is 0 Å². The van der Waals surface area contributed by atoms with Crippen molar-refractivity contribution in [1.82, 2.24) is 0 Å². The molecule has 0 saturated heterocycles. The van der Waals surface area contributed by atoms with E-state index in [-0.39, 0.29) is 33.5 Å². The van der Waals surface area contributed by atoms with E-state index < -0.39 is 0 Å². The first-order valence-electron chi connectivity index (χ1n) is 18.3. The lowest BCUT2D eigenvalue weighted by molar-refractivity contribution is 0.580. The zero-order valence-corrected chi connectivity index (χ0v) is 34.1. The summed E-state index contributed by atoms with van der Waals surface area (Å²) in [6, 6.07) is 18.7. The molecule has 0 fully saturated rings. The molecule has 0 atom stereocenters. The van der Waals surface area contributed by atoms with Gasteiger partial charge in [-0.2, -0.15) is 0 Å². The van der Waals surface area contributed by atoms with Crippen molar-refractivity contribution in [2.75, 3.05) is 22.9 Å². The Bertz CT molecular complexity index is 1640. The first-order valence-corrected chi connectivity index (χ1v) is 18.3. The normalized spacial score (nSPS) is 13.1. The minimum Gasteiger partial charge on any atom is -0.398 e. The van der Waals surface area contributed by atoms with Gasteiger partial charge in [-0.3, -0.25) is 0 Å². The van der Waals surface area contributed by atoms with E-state index in [9.17, 15) is 0 Å². The van der Waals surface area contributed by atoms with Gasteiger partial charge in [-0.1, -0.05) is 132 Å². The maximum Gasteiger partial charge on any atom is 0.0381 e. The maximum absolute atomic E-state index is 6.86. The third-order valence-corrected chi connectivity index (χ3v) is 10.6. The average Bonchev–Trinajstić information content (AvgIpc) is 2.95. The maximum atomic E-state index is 6.86. The summed E-state index contributed by atoms with van der Waals surface area (Å²) in [5, 5.41) is 0. The van der Waals surface area contributed by atoms with Crippen molar-refractivity contribution < 1.29 is 0 Å². The van der Waals surface area contributed by atoms with E-state index in [4.69, 9.17) is 22.9 Å². The van der Waals surface area contributed by atoms with Crippen LogP contribution in [0, 0.1) is 27.7 Å². The van der Waals surface area contributed by atoms with E-state index in [1.807, 2.05) is 0 Å². The van der Waals surface area contributed by atoms with Gasteiger partial charge in [-0.15, -0.1) is 0 Å². The Labute approximate surface area is 304 Å². The van der Waals surface area contributed by atoms with Crippen molar-refractivity contribution in [3.05, 3.63) is 115 Å². The van der Waals surface area contributed by atoms with E-state index in [1.165, 1.54) is 22.3 Å². The summed E-state index contributed by atoms with van der Waals surface area (Å²) in [6.07, 6.45) is 0. The summed E-state index contributed by atoms with van der Waals surface area (Å²) in [4.78, 5) is 0. The molecule has 4 heteroatoms. The minimum absolute atomic E-state index is 0.0810. The fourth-order valence-corrected chi connectivity index (χ4v) is 7.66. The van der Waals surface area contributed by atoms with Crippen molar-refractivity contribution in [3.8, 4) is 0 Å². The molecule has 0 bridgehead atoms. The Morgan fingerprint density at radius 3 is 0.620 bits per heavy atom. The fraction of sp³-hybridized carbons (Fsp3) is 0.478. The Balaban J connectivity index is 2.31. The predicted octanol–water partition coefficient (Wildman–Crippen LogP) is 11.4. The van der Waals surface area contributed by atoms with Gasteiger partial charge in [0.25, 0.3) is 0 Å². The molecule has 270 valence electrons. The van der Waals surface area contributed by atoms with Crippen LogP contribution in [0.5, 0.6) is 0 Å². The van der Waals surface area contributed by atoms with Crippen LogP contribution in [-0.4, -0.2) is 0 Å². The van der Waals surface area contributed by atoms with E-state index in [0.717, 1.165) is 67.3 Å². The molecule has 0 unspecified atom stereocenters. The number of nitrogens with two attached hydrogens (primary N) is 4. The molecule has 0 aromatic heterocycles. The highest BCUT2D eigenvalue weighted by atomic mass is 14.6. The highest BCUT2D eigenvalue weighted by molar-refractivity contribution is 5.66. The molecule has 0 aliphatic rings. The van der Waals surface area contributed by atoms with Gasteiger partial charge in [0, 0.05) is 34.6 Å². The molecule has 8 N–H and O–H groups in total. The molecule has 0 radical (unpaired) electrons. The lowest BCUT2D eigenvalue weighted by atomic mass is 9.68. The SMILES string of the molecule is Cc1cc(C(c2cc(C)c(N)c(C(C)(C)C)c2)C(c2cc(C)c(N)c(C(C)(C)C)c2)c2cc(C)c(N)c(C(C)(C)C)c2)cc(C(C)(C)C)c1N. The van der Waals surface area contributed by atoms with E-state index in [1.54, 1.807) is 0 Å². The van der Waals surface area contributed by atoms with Crippen LogP contribution in [0.15, 0.2) is 48.5 Å². The van der Waals surface area contributed by atoms with Crippen LogP contribution in [0.4, 0.5) is 22.7 Å². The van der Waals surface area contributed by atoms with Crippen molar-refractivity contribution >= 4 is 22.7 Å². The Kier molecular flexibility index (Phi) is 10.1. The van der Waals surface area contributed by atoms with Crippen LogP contribution < -0.4 is 22.9 Å². The number of benzene rings is 4.